The third kappa shape index (κ3) is 6.00. The Kier molecular flexibility index (Phi) is 6.72. The molecule has 0 aliphatic carbocycles. The average molecular weight is 256 g/mol. The van der Waals surface area contributed by atoms with Crippen molar-refractivity contribution in [2.75, 3.05) is 13.1 Å². The number of carboxylic acid groups (broad SMARTS) is 1. The Balaban J connectivity index is 2.08. The van der Waals surface area contributed by atoms with Crippen molar-refractivity contribution in [2.45, 2.75) is 51.5 Å². The molecule has 1 aliphatic rings. The van der Waals surface area contributed by atoms with Gasteiger partial charge < -0.3 is 15.7 Å². The minimum Gasteiger partial charge on any atom is -0.481 e. The molecule has 1 aliphatic heterocycles. The number of carbonyl (C=O) groups excluding carboxylic acids is 1. The second-order valence-electron chi connectivity index (χ2n) is 5.12. The fourth-order valence-electron chi connectivity index (χ4n) is 2.15. The zero-order valence-corrected chi connectivity index (χ0v) is 11.1. The number of nitrogens with one attached hydrogen (secondary N) is 2. The van der Waals surface area contributed by atoms with Gasteiger partial charge >= 0.3 is 5.97 Å². The maximum absolute atomic E-state index is 11.8. The van der Waals surface area contributed by atoms with Crippen LogP contribution in [0, 0.1) is 5.92 Å². The molecule has 0 aromatic carbocycles. The van der Waals surface area contributed by atoms with Gasteiger partial charge in [0.1, 0.15) is 0 Å². The first-order chi connectivity index (χ1) is 8.59. The Hall–Kier alpha value is -1.10. The first kappa shape index (κ1) is 15.0. The van der Waals surface area contributed by atoms with Crippen molar-refractivity contribution in [3.63, 3.8) is 0 Å². The molecule has 0 aromatic heterocycles. The molecule has 2 atom stereocenters. The van der Waals surface area contributed by atoms with Gasteiger partial charge in [-0.15, -0.1) is 0 Å². The van der Waals surface area contributed by atoms with E-state index in [0.717, 1.165) is 32.2 Å². The summed E-state index contributed by atoms with van der Waals surface area (Å²) in [5.41, 5.74) is 0. The van der Waals surface area contributed by atoms with Crippen LogP contribution >= 0.6 is 0 Å². The topological polar surface area (TPSA) is 78.4 Å². The summed E-state index contributed by atoms with van der Waals surface area (Å²) in [6.45, 7) is 3.58. The molecule has 1 fully saturated rings. The molecule has 2 unspecified atom stereocenters. The van der Waals surface area contributed by atoms with E-state index in [4.69, 9.17) is 5.11 Å². The van der Waals surface area contributed by atoms with Crippen LogP contribution in [0.4, 0.5) is 0 Å². The van der Waals surface area contributed by atoms with Gasteiger partial charge in [0.15, 0.2) is 0 Å². The first-order valence-corrected chi connectivity index (χ1v) is 6.82. The highest BCUT2D eigenvalue weighted by Crippen LogP contribution is 2.10. The van der Waals surface area contributed by atoms with Crippen molar-refractivity contribution in [1.29, 1.82) is 0 Å². The molecule has 0 bridgehead atoms. The largest absolute Gasteiger partial charge is 0.481 e. The summed E-state index contributed by atoms with van der Waals surface area (Å²) in [5.74, 6) is -0.335. The molecule has 0 spiro atoms. The van der Waals surface area contributed by atoms with E-state index in [9.17, 15) is 9.59 Å². The Morgan fingerprint density at radius 1 is 1.39 bits per heavy atom. The Labute approximate surface area is 108 Å². The van der Waals surface area contributed by atoms with Crippen LogP contribution in [0.2, 0.25) is 0 Å². The Morgan fingerprint density at radius 3 is 2.78 bits per heavy atom. The second-order valence-corrected chi connectivity index (χ2v) is 5.12. The van der Waals surface area contributed by atoms with Gasteiger partial charge in [0.25, 0.3) is 0 Å². The first-order valence-electron chi connectivity index (χ1n) is 6.82. The van der Waals surface area contributed by atoms with Gasteiger partial charge in [0, 0.05) is 13.0 Å². The molecular formula is C13H24N2O3. The van der Waals surface area contributed by atoms with E-state index in [1.54, 1.807) is 0 Å². The molecule has 1 amide bonds. The van der Waals surface area contributed by atoms with Crippen molar-refractivity contribution in [3.8, 4) is 0 Å². The molecule has 104 valence electrons. The summed E-state index contributed by atoms with van der Waals surface area (Å²) in [6, 6.07) is -0.0342. The number of hydrogen-bond acceptors (Lipinski definition) is 3. The molecular weight excluding hydrogens is 232 g/mol. The molecule has 1 heterocycles. The van der Waals surface area contributed by atoms with E-state index in [1.165, 1.54) is 0 Å². The molecule has 0 aromatic rings. The number of hydrogen-bond donors (Lipinski definition) is 3. The maximum Gasteiger partial charge on any atom is 0.303 e. The number of carboxylic acids is 1. The molecule has 18 heavy (non-hydrogen) atoms. The van der Waals surface area contributed by atoms with E-state index < -0.39 is 5.97 Å². The van der Waals surface area contributed by atoms with E-state index in [2.05, 4.69) is 10.6 Å². The van der Waals surface area contributed by atoms with E-state index in [0.29, 0.717) is 18.9 Å². The molecule has 0 radical (unpaired) electrons. The number of aliphatic carboxylic acids is 1. The monoisotopic (exact) mass is 256 g/mol. The van der Waals surface area contributed by atoms with Crippen molar-refractivity contribution < 1.29 is 14.7 Å². The van der Waals surface area contributed by atoms with Crippen molar-refractivity contribution >= 4 is 11.9 Å². The number of rotatable bonds is 7. The summed E-state index contributed by atoms with van der Waals surface area (Å²) >= 11 is 0. The van der Waals surface area contributed by atoms with Crippen LogP contribution < -0.4 is 10.6 Å². The fraction of sp³-hybridized carbons (Fsp3) is 0.846. The van der Waals surface area contributed by atoms with Gasteiger partial charge in [-0.1, -0.05) is 13.3 Å². The maximum atomic E-state index is 11.8. The van der Waals surface area contributed by atoms with Crippen molar-refractivity contribution in [3.05, 3.63) is 0 Å². The number of piperidine rings is 1. The highest BCUT2D eigenvalue weighted by Gasteiger charge is 2.19. The molecule has 1 saturated heterocycles. The van der Waals surface area contributed by atoms with Crippen molar-refractivity contribution in [2.24, 2.45) is 5.92 Å². The normalized spacial score (nSPS) is 21.3. The lowest BCUT2D eigenvalue weighted by molar-refractivity contribution is -0.137. The Bertz CT molecular complexity index is 275. The van der Waals surface area contributed by atoms with Crippen LogP contribution in [0.3, 0.4) is 0 Å². The zero-order chi connectivity index (χ0) is 13.4. The zero-order valence-electron chi connectivity index (χ0n) is 11.1. The van der Waals surface area contributed by atoms with E-state index in [1.807, 2.05) is 6.92 Å². The van der Waals surface area contributed by atoms with Gasteiger partial charge in [-0.25, -0.2) is 0 Å². The second kappa shape index (κ2) is 8.08. The van der Waals surface area contributed by atoms with Gasteiger partial charge in [0.05, 0.1) is 6.04 Å². The van der Waals surface area contributed by atoms with Crippen LogP contribution in [0.25, 0.3) is 0 Å². The Morgan fingerprint density at radius 2 is 2.17 bits per heavy atom. The third-order valence-corrected chi connectivity index (χ3v) is 3.41. The molecule has 5 heteroatoms. The van der Waals surface area contributed by atoms with Gasteiger partial charge in [-0.05, 0) is 38.1 Å². The summed E-state index contributed by atoms with van der Waals surface area (Å²) in [7, 11) is 0. The van der Waals surface area contributed by atoms with Gasteiger partial charge in [-0.3, -0.25) is 9.59 Å². The lowest BCUT2D eigenvalue weighted by Crippen LogP contribution is -2.46. The minimum atomic E-state index is -0.753. The van der Waals surface area contributed by atoms with Crippen molar-refractivity contribution in [1.82, 2.24) is 10.6 Å². The average Bonchev–Trinajstić information content (AvgIpc) is 2.37. The fourth-order valence-corrected chi connectivity index (χ4v) is 2.15. The summed E-state index contributed by atoms with van der Waals surface area (Å²) < 4.78 is 0. The van der Waals surface area contributed by atoms with Crippen LogP contribution in [-0.4, -0.2) is 36.1 Å². The quantitative estimate of drug-likeness (QED) is 0.638. The molecule has 1 rings (SSSR count). The summed E-state index contributed by atoms with van der Waals surface area (Å²) in [4.78, 5) is 22.2. The van der Waals surface area contributed by atoms with E-state index in [-0.39, 0.29) is 18.4 Å². The van der Waals surface area contributed by atoms with Crippen LogP contribution in [0.5, 0.6) is 0 Å². The summed E-state index contributed by atoms with van der Waals surface area (Å²) in [5, 5.41) is 14.7. The van der Waals surface area contributed by atoms with Gasteiger partial charge in [0.2, 0.25) is 5.91 Å². The minimum absolute atomic E-state index is 0.0342. The van der Waals surface area contributed by atoms with E-state index >= 15 is 0 Å². The number of carbonyl (C=O) groups is 2. The predicted molar refractivity (Wildman–Crippen MR) is 69.3 cm³/mol. The SMILES string of the molecule is CC(CCNC(=O)C1CCCCN1)CCC(=O)O. The lowest BCUT2D eigenvalue weighted by atomic mass is 10.0. The predicted octanol–water partition coefficient (Wildman–Crippen LogP) is 1.14. The smallest absolute Gasteiger partial charge is 0.303 e. The highest BCUT2D eigenvalue weighted by atomic mass is 16.4. The molecule has 5 nitrogen and oxygen atoms in total. The van der Waals surface area contributed by atoms with Crippen LogP contribution in [0.15, 0.2) is 0 Å². The standard InChI is InChI=1S/C13H24N2O3/c1-10(5-6-12(16)17)7-9-15-13(18)11-4-2-3-8-14-11/h10-11,14H,2-9H2,1H3,(H,15,18)(H,16,17). The highest BCUT2D eigenvalue weighted by molar-refractivity contribution is 5.81. The van der Waals surface area contributed by atoms with Gasteiger partial charge in [-0.2, -0.15) is 0 Å². The van der Waals surface area contributed by atoms with Crippen LogP contribution in [0.1, 0.15) is 45.4 Å². The molecule has 3 N–H and O–H groups in total. The van der Waals surface area contributed by atoms with Crippen LogP contribution in [-0.2, 0) is 9.59 Å². The summed E-state index contributed by atoms with van der Waals surface area (Å²) in [6.07, 6.45) is 4.90. The lowest BCUT2D eigenvalue weighted by Gasteiger charge is -2.22. The number of amides is 1. The molecule has 0 saturated carbocycles. The third-order valence-electron chi connectivity index (χ3n) is 3.41.